The van der Waals surface area contributed by atoms with Crippen LogP contribution in [0.5, 0.6) is 0 Å². The minimum Gasteiger partial charge on any atom is -0.481 e. The Kier molecular flexibility index (Phi) is 15.4. The van der Waals surface area contributed by atoms with Crippen LogP contribution in [0, 0.1) is 29.1 Å². The van der Waals surface area contributed by atoms with Crippen molar-refractivity contribution in [3.05, 3.63) is 0 Å². The lowest BCUT2D eigenvalue weighted by molar-refractivity contribution is -0.200. The topological polar surface area (TPSA) is 205 Å². The summed E-state index contributed by atoms with van der Waals surface area (Å²) in [4.78, 5) is 12.3. The number of aliphatic hydroxyl groups excluding tert-OH is 4. The van der Waals surface area contributed by atoms with Crippen LogP contribution in [0.2, 0.25) is 0 Å². The Labute approximate surface area is 304 Å². The molecule has 3 heterocycles. The number of aliphatic carboxylic acids is 1. The van der Waals surface area contributed by atoms with Crippen LogP contribution in [0.1, 0.15) is 103 Å². The molecular formula is C38H69N3O10. The normalized spacial score (nSPS) is 45.4. The molecule has 0 bridgehead atoms. The van der Waals surface area contributed by atoms with Crippen LogP contribution < -0.4 is 16.4 Å². The molecular weight excluding hydrogens is 658 g/mol. The van der Waals surface area contributed by atoms with Gasteiger partial charge in [0.15, 0.2) is 0 Å². The molecule has 16 atom stereocenters. The Balaban J connectivity index is 1.28. The molecule has 5 rings (SSSR count). The lowest BCUT2D eigenvalue weighted by Gasteiger charge is -2.50. The maximum Gasteiger partial charge on any atom is 0.303 e. The van der Waals surface area contributed by atoms with Gasteiger partial charge in [0.05, 0.1) is 61.9 Å². The number of hydrogen-bond acceptors (Lipinski definition) is 12. The van der Waals surface area contributed by atoms with Gasteiger partial charge in [-0.05, 0) is 127 Å². The smallest absolute Gasteiger partial charge is 0.303 e. The van der Waals surface area contributed by atoms with Gasteiger partial charge in [-0.1, -0.05) is 0 Å². The van der Waals surface area contributed by atoms with E-state index in [4.69, 9.17) is 24.7 Å². The van der Waals surface area contributed by atoms with E-state index < -0.39 is 41.9 Å². The molecule has 5 aliphatic rings. The average Bonchev–Trinajstić information content (AvgIpc) is 3.09. The van der Waals surface area contributed by atoms with Crippen LogP contribution in [-0.2, 0) is 23.7 Å². The summed E-state index contributed by atoms with van der Waals surface area (Å²) < 4.78 is 24.9. The summed E-state index contributed by atoms with van der Waals surface area (Å²) in [6.45, 7) is 3.15. The second-order valence-corrected chi connectivity index (χ2v) is 16.9. The van der Waals surface area contributed by atoms with E-state index in [2.05, 4.69) is 17.6 Å². The maximum absolute atomic E-state index is 12.3. The van der Waals surface area contributed by atoms with Crippen LogP contribution in [0.25, 0.3) is 0 Å². The molecule has 0 radical (unpaired) electrons. The Morgan fingerprint density at radius 3 is 2.37 bits per heavy atom. The Morgan fingerprint density at radius 1 is 0.902 bits per heavy atom. The van der Waals surface area contributed by atoms with Gasteiger partial charge in [-0.25, -0.2) is 0 Å². The van der Waals surface area contributed by atoms with Crippen molar-refractivity contribution in [3.63, 3.8) is 0 Å². The molecule has 2 saturated carbocycles. The van der Waals surface area contributed by atoms with Crippen molar-refractivity contribution in [2.24, 2.45) is 34.8 Å². The molecule has 296 valence electrons. The van der Waals surface area contributed by atoms with E-state index in [9.17, 15) is 30.3 Å². The summed E-state index contributed by atoms with van der Waals surface area (Å²) in [7, 11) is 3.25. The van der Waals surface area contributed by atoms with Gasteiger partial charge in [-0.15, -0.1) is 0 Å². The molecule has 0 aromatic heterocycles. The first kappa shape index (κ1) is 41.2. The fourth-order valence-electron chi connectivity index (χ4n) is 10.6. The average molecular weight is 728 g/mol. The van der Waals surface area contributed by atoms with Crippen molar-refractivity contribution >= 4 is 5.97 Å². The largest absolute Gasteiger partial charge is 0.481 e. The van der Waals surface area contributed by atoms with E-state index in [-0.39, 0.29) is 68.0 Å². The monoisotopic (exact) mass is 727 g/mol. The van der Waals surface area contributed by atoms with Gasteiger partial charge in [0.1, 0.15) is 6.10 Å². The van der Waals surface area contributed by atoms with Crippen LogP contribution in [0.15, 0.2) is 0 Å². The maximum atomic E-state index is 12.3. The molecule has 3 aliphatic heterocycles. The highest BCUT2D eigenvalue weighted by atomic mass is 16.5. The van der Waals surface area contributed by atoms with Crippen LogP contribution in [0.3, 0.4) is 0 Å². The van der Waals surface area contributed by atoms with Gasteiger partial charge in [0.25, 0.3) is 0 Å². The van der Waals surface area contributed by atoms with Crippen molar-refractivity contribution in [3.8, 4) is 0 Å². The van der Waals surface area contributed by atoms with E-state index >= 15 is 0 Å². The number of methoxy groups -OCH3 is 2. The van der Waals surface area contributed by atoms with E-state index in [0.29, 0.717) is 37.5 Å². The molecule has 3 saturated heterocycles. The molecule has 0 aromatic carbocycles. The summed E-state index contributed by atoms with van der Waals surface area (Å²) in [5.74, 6) is -0.419. The van der Waals surface area contributed by atoms with Gasteiger partial charge in [0.2, 0.25) is 0 Å². The third-order valence-electron chi connectivity index (χ3n) is 13.4. The third kappa shape index (κ3) is 10.6. The zero-order chi connectivity index (χ0) is 36.7. The number of ether oxygens (including phenoxy) is 4. The Bertz CT molecular complexity index is 1070. The fraction of sp³-hybridized carbons (Fsp3) is 0.974. The number of carboxylic acids is 1. The number of carboxylic acid groups (broad SMARTS) is 1. The molecule has 0 amide bonds. The Morgan fingerprint density at radius 2 is 1.67 bits per heavy atom. The van der Waals surface area contributed by atoms with Gasteiger partial charge in [-0.3, -0.25) is 4.79 Å². The predicted molar refractivity (Wildman–Crippen MR) is 191 cm³/mol. The molecule has 2 aliphatic carbocycles. The fourth-order valence-corrected chi connectivity index (χ4v) is 10.6. The summed E-state index contributed by atoms with van der Waals surface area (Å²) in [6.07, 6.45) is 6.66. The van der Waals surface area contributed by atoms with Gasteiger partial charge in [-0.2, -0.15) is 0 Å². The number of nitrogens with two attached hydrogens (primary N) is 1. The van der Waals surface area contributed by atoms with E-state index in [0.717, 1.165) is 70.8 Å². The second-order valence-electron chi connectivity index (χ2n) is 16.9. The molecule has 51 heavy (non-hydrogen) atoms. The zero-order valence-electron chi connectivity index (χ0n) is 31.2. The van der Waals surface area contributed by atoms with Gasteiger partial charge in [0, 0.05) is 38.8 Å². The first-order valence-corrected chi connectivity index (χ1v) is 19.9. The first-order chi connectivity index (χ1) is 24.4. The van der Waals surface area contributed by atoms with Crippen molar-refractivity contribution in [1.82, 2.24) is 10.6 Å². The Hall–Kier alpha value is -0.970. The number of carbonyl (C=O) groups is 1. The lowest BCUT2D eigenvalue weighted by atomic mass is 9.64. The number of rotatable bonds is 15. The van der Waals surface area contributed by atoms with Crippen LogP contribution in [0.4, 0.5) is 0 Å². The molecule has 9 N–H and O–H groups in total. The van der Waals surface area contributed by atoms with E-state index in [1.165, 1.54) is 0 Å². The summed E-state index contributed by atoms with van der Waals surface area (Å²) in [5.41, 5.74) is 5.75. The van der Waals surface area contributed by atoms with Crippen molar-refractivity contribution in [1.29, 1.82) is 0 Å². The highest BCUT2D eigenvalue weighted by Gasteiger charge is 2.50. The number of nitrogens with one attached hydrogen (secondary N) is 2. The first-order valence-electron chi connectivity index (χ1n) is 19.9. The van der Waals surface area contributed by atoms with E-state index in [1.807, 2.05) is 0 Å². The number of piperidine rings is 2. The van der Waals surface area contributed by atoms with Crippen LogP contribution in [-0.4, -0.2) is 133 Å². The highest BCUT2D eigenvalue weighted by molar-refractivity contribution is 5.68. The minimum absolute atomic E-state index is 0.0437. The lowest BCUT2D eigenvalue weighted by Crippen LogP contribution is -2.59. The molecule has 0 aromatic rings. The number of aliphatic hydroxyl groups is 4. The summed E-state index contributed by atoms with van der Waals surface area (Å²) >= 11 is 0. The summed E-state index contributed by atoms with van der Waals surface area (Å²) in [5, 5.41) is 60.3. The SMILES string of the molecule is COC1CC(CCC2CC(O)C(CCO)C(C3CC(OC)C(O)C(OCC4NC(C)CCC4(CC(=O)O)CC4CCNC(N)C4)C3)O2)CCC1O. The van der Waals surface area contributed by atoms with Crippen LogP contribution >= 0.6 is 0 Å². The highest BCUT2D eigenvalue weighted by Crippen LogP contribution is 2.46. The van der Waals surface area contributed by atoms with Gasteiger partial charge < -0.3 is 60.8 Å². The van der Waals surface area contributed by atoms with Crippen molar-refractivity contribution in [2.45, 2.75) is 170 Å². The molecule has 5 fully saturated rings. The quantitative estimate of drug-likeness (QED) is 0.122. The molecule has 13 heteroatoms. The molecule has 16 unspecified atom stereocenters. The standard InChI is InChI=1S/C38H69N3O10/c1-22-8-11-38(20-35(45)46,19-24-9-12-40-34(39)15-24)33(41-22)21-50-32-17-25(16-31(49-3)36(32)47)37-27(10-13-42)29(44)18-26(51-37)6-4-23-5-7-28(43)30(14-23)48-2/h22-34,36-37,40-44,47H,4-21,39H2,1-3H3,(H,45,46). The van der Waals surface area contributed by atoms with Crippen molar-refractivity contribution < 1.29 is 49.3 Å². The zero-order valence-corrected chi connectivity index (χ0v) is 31.2. The van der Waals surface area contributed by atoms with E-state index in [1.54, 1.807) is 14.2 Å². The second kappa shape index (κ2) is 19.1. The molecule has 0 spiro atoms. The summed E-state index contributed by atoms with van der Waals surface area (Å²) in [6, 6.07) is -0.00572. The minimum atomic E-state index is -0.875. The number of hydrogen-bond donors (Lipinski definition) is 8. The van der Waals surface area contributed by atoms with Crippen molar-refractivity contribution in [2.75, 3.05) is 34.0 Å². The predicted octanol–water partition coefficient (Wildman–Crippen LogP) is 1.91. The van der Waals surface area contributed by atoms with Gasteiger partial charge >= 0.3 is 5.97 Å². The third-order valence-corrected chi connectivity index (χ3v) is 13.4. The molecule has 13 nitrogen and oxygen atoms in total.